The fourth-order valence-corrected chi connectivity index (χ4v) is 5.11. The molecule has 0 saturated heterocycles. The van der Waals surface area contributed by atoms with Crippen LogP contribution in [0.2, 0.25) is 0 Å². The maximum Gasteiger partial charge on any atom is 0.339 e. The standard InChI is InChI=1S/C19H24N2O2/c1-18(2)11-7-8-19(18,3)15(9-11)21-16-12-5-4-6-14(12)20-10-13(16)17(22)23/h4-5,10-11,15H,6-9H2,1-3H3,(H,20,21)(H,22,23)/t11-,15+,19+/m1/s1. The molecule has 3 aliphatic carbocycles. The van der Waals surface area contributed by atoms with Gasteiger partial charge in [-0.05, 0) is 36.0 Å². The average Bonchev–Trinajstić information content (AvgIpc) is 3.10. The minimum absolute atomic E-state index is 0.214. The summed E-state index contributed by atoms with van der Waals surface area (Å²) in [5.74, 6) is -0.181. The van der Waals surface area contributed by atoms with E-state index in [1.165, 1.54) is 19.0 Å². The summed E-state index contributed by atoms with van der Waals surface area (Å²) in [5, 5.41) is 13.2. The summed E-state index contributed by atoms with van der Waals surface area (Å²) in [7, 11) is 0. The number of fused-ring (bicyclic) bond motifs is 3. The number of anilines is 1. The summed E-state index contributed by atoms with van der Waals surface area (Å²) in [4.78, 5) is 16.0. The molecule has 0 radical (unpaired) electrons. The van der Waals surface area contributed by atoms with Crippen molar-refractivity contribution in [2.24, 2.45) is 16.7 Å². The van der Waals surface area contributed by atoms with Gasteiger partial charge in [0.05, 0.1) is 11.4 Å². The topological polar surface area (TPSA) is 62.2 Å². The number of aromatic nitrogens is 1. The minimum atomic E-state index is -0.907. The van der Waals surface area contributed by atoms with Crippen molar-refractivity contribution in [3.8, 4) is 0 Å². The number of hydrogen-bond acceptors (Lipinski definition) is 3. The molecule has 2 N–H and O–H groups in total. The van der Waals surface area contributed by atoms with E-state index in [0.29, 0.717) is 17.0 Å². The van der Waals surface area contributed by atoms with Crippen LogP contribution in [-0.2, 0) is 6.42 Å². The van der Waals surface area contributed by atoms with Crippen LogP contribution in [0.25, 0.3) is 6.08 Å². The molecule has 0 unspecified atom stereocenters. The van der Waals surface area contributed by atoms with Crippen LogP contribution in [0.5, 0.6) is 0 Å². The second kappa shape index (κ2) is 4.59. The first-order valence-corrected chi connectivity index (χ1v) is 8.53. The Morgan fingerprint density at radius 2 is 2.17 bits per heavy atom. The molecule has 4 nitrogen and oxygen atoms in total. The maximum atomic E-state index is 11.7. The molecule has 0 amide bonds. The Labute approximate surface area is 137 Å². The number of allylic oxidation sites excluding steroid dienone is 1. The first-order valence-electron chi connectivity index (χ1n) is 8.53. The number of aromatic carboxylic acids is 1. The Bertz CT molecular complexity index is 722. The van der Waals surface area contributed by atoms with Gasteiger partial charge in [0.15, 0.2) is 0 Å². The number of nitrogens with one attached hydrogen (secondary N) is 1. The predicted molar refractivity (Wildman–Crippen MR) is 90.6 cm³/mol. The number of nitrogens with zero attached hydrogens (tertiary/aromatic N) is 1. The average molecular weight is 312 g/mol. The summed E-state index contributed by atoms with van der Waals surface area (Å²) >= 11 is 0. The monoisotopic (exact) mass is 312 g/mol. The van der Waals surface area contributed by atoms with E-state index < -0.39 is 5.97 Å². The van der Waals surface area contributed by atoms with Gasteiger partial charge in [0.1, 0.15) is 5.56 Å². The van der Waals surface area contributed by atoms with E-state index in [1.807, 2.05) is 6.08 Å². The number of rotatable bonds is 3. The molecule has 2 bridgehead atoms. The third-order valence-corrected chi connectivity index (χ3v) is 7.14. The molecular formula is C19H24N2O2. The van der Waals surface area contributed by atoms with Gasteiger partial charge in [-0.2, -0.15) is 0 Å². The molecule has 2 fully saturated rings. The molecule has 4 rings (SSSR count). The second-order valence-electron chi connectivity index (χ2n) is 8.13. The quantitative estimate of drug-likeness (QED) is 0.886. The van der Waals surface area contributed by atoms with E-state index in [4.69, 9.17) is 0 Å². The van der Waals surface area contributed by atoms with Crippen molar-refractivity contribution in [2.75, 3.05) is 5.32 Å². The zero-order valence-electron chi connectivity index (χ0n) is 14.0. The number of hydrogen-bond donors (Lipinski definition) is 2. The minimum Gasteiger partial charge on any atom is -0.478 e. The third kappa shape index (κ3) is 1.84. The Hall–Kier alpha value is -1.84. The highest BCUT2D eigenvalue weighted by Crippen LogP contribution is 2.66. The van der Waals surface area contributed by atoms with E-state index >= 15 is 0 Å². The number of carboxylic acid groups (broad SMARTS) is 1. The van der Waals surface area contributed by atoms with Crippen molar-refractivity contribution in [3.05, 3.63) is 29.1 Å². The van der Waals surface area contributed by atoms with Gasteiger partial charge >= 0.3 is 5.97 Å². The summed E-state index contributed by atoms with van der Waals surface area (Å²) in [5.41, 5.74) is 3.52. The maximum absolute atomic E-state index is 11.7. The van der Waals surface area contributed by atoms with E-state index in [9.17, 15) is 9.90 Å². The first-order chi connectivity index (χ1) is 10.8. The Morgan fingerprint density at radius 3 is 2.78 bits per heavy atom. The van der Waals surface area contributed by atoms with E-state index in [0.717, 1.165) is 35.7 Å². The number of carbonyl (C=O) groups is 1. The fourth-order valence-electron chi connectivity index (χ4n) is 5.11. The van der Waals surface area contributed by atoms with Gasteiger partial charge < -0.3 is 10.4 Å². The van der Waals surface area contributed by atoms with Crippen LogP contribution in [0.15, 0.2) is 12.3 Å². The predicted octanol–water partition coefficient (Wildman–Crippen LogP) is 3.98. The van der Waals surface area contributed by atoms with Gasteiger partial charge in [0.25, 0.3) is 0 Å². The van der Waals surface area contributed by atoms with Crippen molar-refractivity contribution < 1.29 is 9.90 Å². The highest BCUT2D eigenvalue weighted by atomic mass is 16.4. The largest absolute Gasteiger partial charge is 0.478 e. The summed E-state index contributed by atoms with van der Waals surface area (Å²) in [6, 6.07) is 0.329. The Morgan fingerprint density at radius 1 is 1.39 bits per heavy atom. The lowest BCUT2D eigenvalue weighted by Gasteiger charge is -2.40. The summed E-state index contributed by atoms with van der Waals surface area (Å²) < 4.78 is 0. The molecular weight excluding hydrogens is 288 g/mol. The SMILES string of the molecule is CC1(C)[C@@H]2CC[C@@]1(C)[C@@H](Nc1c(C(=O)O)cnc3c1C=CC3)C2. The van der Waals surface area contributed by atoms with Crippen molar-refractivity contribution in [2.45, 2.75) is 52.5 Å². The molecule has 4 heteroatoms. The lowest BCUT2D eigenvalue weighted by Crippen LogP contribution is -2.40. The van der Waals surface area contributed by atoms with Crippen LogP contribution in [0, 0.1) is 16.7 Å². The molecule has 1 heterocycles. The van der Waals surface area contributed by atoms with Gasteiger partial charge in [0.2, 0.25) is 0 Å². The van der Waals surface area contributed by atoms with Crippen molar-refractivity contribution in [3.63, 3.8) is 0 Å². The molecule has 0 spiro atoms. The smallest absolute Gasteiger partial charge is 0.339 e. The first kappa shape index (κ1) is 14.7. The zero-order chi connectivity index (χ0) is 16.4. The number of carboxylic acids is 1. The highest BCUT2D eigenvalue weighted by Gasteiger charge is 2.61. The van der Waals surface area contributed by atoms with Crippen LogP contribution >= 0.6 is 0 Å². The zero-order valence-corrected chi connectivity index (χ0v) is 14.0. The Kier molecular flexibility index (Phi) is 2.94. The van der Waals surface area contributed by atoms with Crippen LogP contribution in [0.1, 0.15) is 61.6 Å². The van der Waals surface area contributed by atoms with Gasteiger partial charge in [-0.1, -0.05) is 32.9 Å². The van der Waals surface area contributed by atoms with Gasteiger partial charge in [-0.15, -0.1) is 0 Å². The van der Waals surface area contributed by atoms with Crippen LogP contribution in [-0.4, -0.2) is 22.1 Å². The molecule has 1 aromatic rings. The fraction of sp³-hybridized carbons (Fsp3) is 0.579. The van der Waals surface area contributed by atoms with Gasteiger partial charge in [-0.3, -0.25) is 4.98 Å². The number of pyridine rings is 1. The lowest BCUT2D eigenvalue weighted by atomic mass is 9.69. The molecule has 23 heavy (non-hydrogen) atoms. The highest BCUT2D eigenvalue weighted by molar-refractivity contribution is 5.97. The van der Waals surface area contributed by atoms with Crippen LogP contribution < -0.4 is 5.32 Å². The van der Waals surface area contributed by atoms with Gasteiger partial charge in [0, 0.05) is 24.2 Å². The van der Waals surface area contributed by atoms with Crippen LogP contribution in [0.3, 0.4) is 0 Å². The molecule has 3 aliphatic rings. The third-order valence-electron chi connectivity index (χ3n) is 7.14. The van der Waals surface area contributed by atoms with E-state index in [1.54, 1.807) is 0 Å². The second-order valence-corrected chi connectivity index (χ2v) is 8.13. The van der Waals surface area contributed by atoms with Crippen LogP contribution in [0.4, 0.5) is 5.69 Å². The van der Waals surface area contributed by atoms with Gasteiger partial charge in [-0.25, -0.2) is 4.79 Å². The van der Waals surface area contributed by atoms with Crippen molar-refractivity contribution >= 4 is 17.7 Å². The molecule has 2 saturated carbocycles. The summed E-state index contributed by atoms with van der Waals surface area (Å²) in [6.07, 6.45) is 10.0. The lowest BCUT2D eigenvalue weighted by molar-refractivity contribution is 0.0697. The van der Waals surface area contributed by atoms with Crippen molar-refractivity contribution in [1.29, 1.82) is 0 Å². The normalized spacial score (nSPS) is 33.0. The van der Waals surface area contributed by atoms with E-state index in [-0.39, 0.29) is 5.41 Å². The van der Waals surface area contributed by atoms with Crippen molar-refractivity contribution in [1.82, 2.24) is 4.98 Å². The molecule has 0 aliphatic heterocycles. The molecule has 0 aromatic carbocycles. The van der Waals surface area contributed by atoms with E-state index in [2.05, 4.69) is 37.1 Å². The molecule has 122 valence electrons. The molecule has 1 aromatic heterocycles. The molecule has 3 atom stereocenters. The summed E-state index contributed by atoms with van der Waals surface area (Å²) in [6.45, 7) is 7.12. The Balaban J connectivity index is 1.75.